The molecule has 5 rings (SSSR count). The number of hydrogen-bond donors (Lipinski definition) is 3. The van der Waals surface area contributed by atoms with E-state index in [1.807, 2.05) is 61.5 Å². The minimum absolute atomic E-state index is 0.0288. The van der Waals surface area contributed by atoms with Crippen molar-refractivity contribution in [2.45, 2.75) is 17.1 Å². The monoisotopic (exact) mass is 662 g/mol. The van der Waals surface area contributed by atoms with Crippen molar-refractivity contribution in [3.05, 3.63) is 155 Å². The number of rotatable bonds is 12. The summed E-state index contributed by atoms with van der Waals surface area (Å²) in [7, 11) is 0. The minimum Gasteiger partial charge on any atom is -0.493 e. The van der Waals surface area contributed by atoms with Crippen LogP contribution in [-0.2, 0) is 9.59 Å². The van der Waals surface area contributed by atoms with E-state index in [4.69, 9.17) is 16.3 Å². The molecule has 236 valence electrons. The van der Waals surface area contributed by atoms with Gasteiger partial charge in [-0.3, -0.25) is 14.4 Å². The van der Waals surface area contributed by atoms with Gasteiger partial charge in [0.15, 0.2) is 0 Å². The van der Waals surface area contributed by atoms with Crippen molar-refractivity contribution in [2.75, 3.05) is 17.2 Å². The van der Waals surface area contributed by atoms with E-state index >= 15 is 0 Å². The molecule has 3 amide bonds. The van der Waals surface area contributed by atoms with E-state index in [0.717, 1.165) is 10.5 Å². The average molecular weight is 663 g/mol. The van der Waals surface area contributed by atoms with Crippen molar-refractivity contribution in [2.24, 2.45) is 0 Å². The molecular formula is C37H31ClN4O4S. The Morgan fingerprint density at radius 2 is 1.57 bits per heavy atom. The Morgan fingerprint density at radius 1 is 0.851 bits per heavy atom. The maximum atomic E-state index is 13.7. The molecule has 0 spiro atoms. The number of pyridine rings is 1. The number of thioether (sulfide) groups is 1. The predicted octanol–water partition coefficient (Wildman–Crippen LogP) is 8.02. The Hall–Kier alpha value is -5.38. The fourth-order valence-electron chi connectivity index (χ4n) is 4.51. The van der Waals surface area contributed by atoms with Gasteiger partial charge in [-0.25, -0.2) is 4.98 Å². The fraction of sp³-hybridized carbons (Fsp3) is 0.0811. The summed E-state index contributed by atoms with van der Waals surface area (Å²) in [6.45, 7) is 2.31. The van der Waals surface area contributed by atoms with E-state index < -0.39 is 17.1 Å². The minimum atomic E-state index is -0.629. The van der Waals surface area contributed by atoms with Gasteiger partial charge in [-0.2, -0.15) is 0 Å². The van der Waals surface area contributed by atoms with Crippen molar-refractivity contribution < 1.29 is 19.1 Å². The lowest BCUT2D eigenvalue weighted by molar-refractivity contribution is -0.116. The largest absolute Gasteiger partial charge is 0.493 e. The lowest BCUT2D eigenvalue weighted by atomic mass is 10.1. The Kier molecular flexibility index (Phi) is 11.4. The molecule has 0 radical (unpaired) electrons. The summed E-state index contributed by atoms with van der Waals surface area (Å²) in [6, 6.07) is 35.7. The van der Waals surface area contributed by atoms with E-state index in [9.17, 15) is 14.4 Å². The molecule has 1 atom stereocenters. The standard InChI is InChI=1S/C37H31ClN4O4S/c1-2-46-32-19-10-9-16-27(32)22-31(41-35(43)26-14-7-4-8-15-26)36(44)40-29-17-11-18-30(23-29)47-34(25-12-5-3-6-13-25)37(45)42-33-21-20-28(38)24-39-33/h3-24,34H,2H2,1H3,(H,40,44)(H,41,43)(H,39,42,45)/b31-22+. The summed E-state index contributed by atoms with van der Waals surface area (Å²) in [5.41, 5.74) is 2.33. The number of aromatic nitrogens is 1. The quantitative estimate of drug-likeness (QED) is 0.0922. The SMILES string of the molecule is CCOc1ccccc1/C=C(/NC(=O)c1ccccc1)C(=O)Nc1cccc(SC(C(=O)Nc2ccc(Cl)cn2)c2ccccc2)c1. The molecular weight excluding hydrogens is 632 g/mol. The van der Waals surface area contributed by atoms with Crippen LogP contribution in [0.1, 0.15) is 33.7 Å². The number of para-hydroxylation sites is 1. The first-order chi connectivity index (χ1) is 22.9. The number of nitrogens with one attached hydrogen (secondary N) is 3. The van der Waals surface area contributed by atoms with Gasteiger partial charge >= 0.3 is 0 Å². The molecule has 0 saturated heterocycles. The molecule has 3 N–H and O–H groups in total. The first-order valence-electron chi connectivity index (χ1n) is 14.7. The highest BCUT2D eigenvalue weighted by molar-refractivity contribution is 8.00. The van der Waals surface area contributed by atoms with Crippen molar-refractivity contribution >= 4 is 58.7 Å². The van der Waals surface area contributed by atoms with Gasteiger partial charge in [0.2, 0.25) is 5.91 Å². The van der Waals surface area contributed by atoms with Crippen LogP contribution in [0.3, 0.4) is 0 Å². The second kappa shape index (κ2) is 16.3. The number of ether oxygens (including phenoxy) is 1. The maximum Gasteiger partial charge on any atom is 0.272 e. The molecule has 5 aromatic rings. The third kappa shape index (κ3) is 9.32. The normalized spacial score (nSPS) is 11.7. The topological polar surface area (TPSA) is 109 Å². The van der Waals surface area contributed by atoms with Gasteiger partial charge in [0.25, 0.3) is 11.8 Å². The number of carbonyl (C=O) groups is 3. The number of halogens is 1. The average Bonchev–Trinajstić information content (AvgIpc) is 3.09. The van der Waals surface area contributed by atoms with Gasteiger partial charge in [0.05, 0.1) is 11.6 Å². The zero-order chi connectivity index (χ0) is 33.0. The summed E-state index contributed by atoms with van der Waals surface area (Å²) < 4.78 is 5.74. The number of nitrogens with zero attached hydrogens (tertiary/aromatic N) is 1. The van der Waals surface area contributed by atoms with Gasteiger partial charge < -0.3 is 20.7 Å². The van der Waals surface area contributed by atoms with Crippen LogP contribution in [0.5, 0.6) is 5.75 Å². The van der Waals surface area contributed by atoms with Crippen molar-refractivity contribution in [3.63, 3.8) is 0 Å². The summed E-state index contributed by atoms with van der Waals surface area (Å²) in [4.78, 5) is 45.2. The zero-order valence-electron chi connectivity index (χ0n) is 25.4. The molecule has 1 aromatic heterocycles. The Morgan fingerprint density at radius 3 is 2.30 bits per heavy atom. The van der Waals surface area contributed by atoms with Gasteiger partial charge in [-0.05, 0) is 67.1 Å². The van der Waals surface area contributed by atoms with E-state index in [2.05, 4.69) is 20.9 Å². The summed E-state index contributed by atoms with van der Waals surface area (Å²) in [6.07, 6.45) is 3.05. The van der Waals surface area contributed by atoms with Crippen molar-refractivity contribution in [3.8, 4) is 5.75 Å². The molecule has 8 nitrogen and oxygen atoms in total. The molecule has 0 aliphatic heterocycles. The molecule has 0 saturated carbocycles. The van der Waals surface area contributed by atoms with E-state index in [1.54, 1.807) is 72.8 Å². The molecule has 0 bridgehead atoms. The number of hydrogen-bond acceptors (Lipinski definition) is 6. The highest BCUT2D eigenvalue weighted by Gasteiger charge is 2.23. The van der Waals surface area contributed by atoms with E-state index in [-0.39, 0.29) is 11.6 Å². The number of anilines is 2. The van der Waals surface area contributed by atoms with Gasteiger partial charge in [0.1, 0.15) is 22.5 Å². The molecule has 47 heavy (non-hydrogen) atoms. The fourth-order valence-corrected chi connectivity index (χ4v) is 5.70. The molecule has 0 aliphatic carbocycles. The van der Waals surface area contributed by atoms with Crippen LogP contribution in [0.25, 0.3) is 6.08 Å². The first-order valence-corrected chi connectivity index (χ1v) is 16.0. The third-order valence-electron chi connectivity index (χ3n) is 6.71. The molecule has 0 aliphatic rings. The Labute approximate surface area is 282 Å². The lowest BCUT2D eigenvalue weighted by Gasteiger charge is -2.18. The highest BCUT2D eigenvalue weighted by atomic mass is 35.5. The van der Waals surface area contributed by atoms with Crippen LogP contribution in [0.2, 0.25) is 5.02 Å². The summed E-state index contributed by atoms with van der Waals surface area (Å²) >= 11 is 7.28. The molecule has 1 unspecified atom stereocenters. The molecule has 4 aromatic carbocycles. The predicted molar refractivity (Wildman–Crippen MR) is 187 cm³/mol. The third-order valence-corrected chi connectivity index (χ3v) is 8.18. The van der Waals surface area contributed by atoms with Gasteiger partial charge in [0, 0.05) is 27.9 Å². The second-order valence-electron chi connectivity index (χ2n) is 10.1. The highest BCUT2D eigenvalue weighted by Crippen LogP contribution is 2.37. The lowest BCUT2D eigenvalue weighted by Crippen LogP contribution is -2.30. The van der Waals surface area contributed by atoms with Crippen LogP contribution < -0.4 is 20.7 Å². The van der Waals surface area contributed by atoms with Crippen LogP contribution in [0.15, 0.2) is 138 Å². The molecule has 0 fully saturated rings. The molecule has 1 heterocycles. The van der Waals surface area contributed by atoms with Crippen LogP contribution in [0, 0.1) is 0 Å². The first kappa shape index (κ1) is 33.0. The molecule has 10 heteroatoms. The second-order valence-corrected chi connectivity index (χ2v) is 11.7. The number of amides is 3. The summed E-state index contributed by atoms with van der Waals surface area (Å²) in [5.74, 6) is -0.283. The Balaban J connectivity index is 1.39. The van der Waals surface area contributed by atoms with Crippen LogP contribution in [0.4, 0.5) is 11.5 Å². The van der Waals surface area contributed by atoms with E-state index in [0.29, 0.717) is 40.0 Å². The smallest absolute Gasteiger partial charge is 0.272 e. The summed E-state index contributed by atoms with van der Waals surface area (Å²) in [5, 5.41) is 8.36. The van der Waals surface area contributed by atoms with Gasteiger partial charge in [-0.1, -0.05) is 84.4 Å². The maximum absolute atomic E-state index is 13.7. The van der Waals surface area contributed by atoms with Crippen LogP contribution >= 0.6 is 23.4 Å². The number of carbonyl (C=O) groups excluding carboxylic acids is 3. The number of benzene rings is 4. The zero-order valence-corrected chi connectivity index (χ0v) is 26.9. The van der Waals surface area contributed by atoms with Crippen molar-refractivity contribution in [1.29, 1.82) is 0 Å². The van der Waals surface area contributed by atoms with Crippen molar-refractivity contribution in [1.82, 2.24) is 10.3 Å². The Bertz CT molecular complexity index is 1870. The van der Waals surface area contributed by atoms with Crippen LogP contribution in [-0.4, -0.2) is 29.3 Å². The van der Waals surface area contributed by atoms with E-state index in [1.165, 1.54) is 18.0 Å². The van der Waals surface area contributed by atoms with Gasteiger partial charge in [-0.15, -0.1) is 11.8 Å².